The summed E-state index contributed by atoms with van der Waals surface area (Å²) in [6.07, 6.45) is 3.99. The molecule has 0 aliphatic heterocycles. The topological polar surface area (TPSA) is 67.5 Å². The lowest BCUT2D eigenvalue weighted by Gasteiger charge is -2.29. The molecule has 0 aromatic heterocycles. The van der Waals surface area contributed by atoms with Crippen LogP contribution < -0.4 is 15.8 Å². The van der Waals surface area contributed by atoms with Gasteiger partial charge in [0, 0.05) is 11.8 Å². The lowest BCUT2D eigenvalue weighted by molar-refractivity contribution is 0.116. The van der Waals surface area contributed by atoms with Gasteiger partial charge < -0.3 is 20.9 Å². The molecule has 1 aromatic rings. The van der Waals surface area contributed by atoms with Crippen molar-refractivity contribution in [1.82, 2.24) is 0 Å². The molecule has 2 atom stereocenters. The molecule has 0 heterocycles. The average molecular weight is 264 g/mol. The Morgan fingerprint density at radius 2 is 2.05 bits per heavy atom. The minimum atomic E-state index is -0.263. The van der Waals surface area contributed by atoms with Crippen molar-refractivity contribution in [2.75, 3.05) is 11.1 Å². The molecule has 4 N–H and O–H groups in total. The van der Waals surface area contributed by atoms with Crippen LogP contribution in [0.25, 0.3) is 0 Å². The molecule has 0 radical (unpaired) electrons. The second kappa shape index (κ2) is 6.15. The number of benzene rings is 1. The molecule has 0 saturated heterocycles. The molecule has 1 aromatic carbocycles. The number of nitrogen functional groups attached to an aromatic ring is 1. The van der Waals surface area contributed by atoms with E-state index in [4.69, 9.17) is 10.5 Å². The van der Waals surface area contributed by atoms with Gasteiger partial charge in [-0.1, -0.05) is 12.8 Å². The quantitative estimate of drug-likeness (QED) is 0.731. The molecule has 19 heavy (non-hydrogen) atoms. The van der Waals surface area contributed by atoms with Gasteiger partial charge in [-0.05, 0) is 38.8 Å². The Morgan fingerprint density at radius 1 is 1.32 bits per heavy atom. The van der Waals surface area contributed by atoms with Crippen molar-refractivity contribution in [1.29, 1.82) is 0 Å². The Hall–Kier alpha value is -1.42. The lowest BCUT2D eigenvalue weighted by Crippen LogP contribution is -2.36. The largest absolute Gasteiger partial charge is 0.489 e. The van der Waals surface area contributed by atoms with Gasteiger partial charge in [0.15, 0.2) is 0 Å². The second-order valence-corrected chi connectivity index (χ2v) is 5.52. The first-order valence-corrected chi connectivity index (χ1v) is 7.07. The molecule has 1 aliphatic carbocycles. The fourth-order valence-corrected chi connectivity index (χ4v) is 2.47. The van der Waals surface area contributed by atoms with Crippen LogP contribution in [0.15, 0.2) is 18.2 Å². The smallest absolute Gasteiger partial charge is 0.144 e. The predicted octanol–water partition coefficient (Wildman–Crippen LogP) is 2.77. The number of nitrogens with one attached hydrogen (secondary N) is 1. The maximum Gasteiger partial charge on any atom is 0.144 e. The van der Waals surface area contributed by atoms with Gasteiger partial charge >= 0.3 is 0 Å². The molecule has 4 heteroatoms. The fraction of sp³-hybridized carbons (Fsp3) is 0.600. The molecular weight excluding hydrogens is 240 g/mol. The van der Waals surface area contributed by atoms with E-state index in [1.165, 1.54) is 6.42 Å². The summed E-state index contributed by atoms with van der Waals surface area (Å²) in [5.74, 6) is 0.699. The summed E-state index contributed by atoms with van der Waals surface area (Å²) in [6, 6.07) is 5.82. The molecule has 2 rings (SSSR count). The van der Waals surface area contributed by atoms with Gasteiger partial charge in [0.05, 0.1) is 23.9 Å². The summed E-state index contributed by atoms with van der Waals surface area (Å²) in [6.45, 7) is 3.95. The molecule has 0 bridgehead atoms. The number of hydrogen-bond acceptors (Lipinski definition) is 4. The van der Waals surface area contributed by atoms with Crippen molar-refractivity contribution in [2.24, 2.45) is 0 Å². The Balaban J connectivity index is 2.07. The molecule has 106 valence electrons. The van der Waals surface area contributed by atoms with Crippen LogP contribution in [-0.4, -0.2) is 23.4 Å². The van der Waals surface area contributed by atoms with Crippen LogP contribution >= 0.6 is 0 Å². The third kappa shape index (κ3) is 3.77. The van der Waals surface area contributed by atoms with Crippen LogP contribution in [0.2, 0.25) is 0 Å². The van der Waals surface area contributed by atoms with Crippen molar-refractivity contribution < 1.29 is 9.84 Å². The second-order valence-electron chi connectivity index (χ2n) is 5.52. The molecule has 1 aliphatic rings. The number of aliphatic hydroxyl groups is 1. The Labute approximate surface area is 115 Å². The molecule has 1 fully saturated rings. The minimum absolute atomic E-state index is 0.0952. The van der Waals surface area contributed by atoms with Crippen molar-refractivity contribution in [2.45, 2.75) is 57.8 Å². The summed E-state index contributed by atoms with van der Waals surface area (Å²) in [7, 11) is 0. The SMILES string of the molecule is CC(C)Oc1cc(NC2CCCCC2O)ccc1N. The van der Waals surface area contributed by atoms with E-state index in [1.54, 1.807) is 0 Å². The van der Waals surface area contributed by atoms with E-state index in [-0.39, 0.29) is 18.2 Å². The van der Waals surface area contributed by atoms with Gasteiger partial charge in [-0.25, -0.2) is 0 Å². The number of rotatable bonds is 4. The van der Waals surface area contributed by atoms with Crippen LogP contribution in [0.3, 0.4) is 0 Å². The van der Waals surface area contributed by atoms with E-state index in [9.17, 15) is 5.11 Å². The normalized spacial score (nSPS) is 23.4. The average Bonchev–Trinajstić information content (AvgIpc) is 2.35. The van der Waals surface area contributed by atoms with Crippen LogP contribution in [-0.2, 0) is 0 Å². The van der Waals surface area contributed by atoms with E-state index >= 15 is 0 Å². The van der Waals surface area contributed by atoms with Crippen molar-refractivity contribution >= 4 is 11.4 Å². The maximum absolute atomic E-state index is 9.98. The number of ether oxygens (including phenoxy) is 1. The van der Waals surface area contributed by atoms with Crippen molar-refractivity contribution in [3.63, 3.8) is 0 Å². The maximum atomic E-state index is 9.98. The summed E-state index contributed by atoms with van der Waals surface area (Å²) in [4.78, 5) is 0. The zero-order chi connectivity index (χ0) is 13.8. The third-order valence-corrected chi connectivity index (χ3v) is 3.46. The van der Waals surface area contributed by atoms with Crippen LogP contribution in [0.5, 0.6) is 5.75 Å². The number of aliphatic hydroxyl groups excluding tert-OH is 1. The van der Waals surface area contributed by atoms with Gasteiger partial charge in [-0.3, -0.25) is 0 Å². The molecule has 2 unspecified atom stereocenters. The van der Waals surface area contributed by atoms with E-state index in [1.807, 2.05) is 32.0 Å². The Kier molecular flexibility index (Phi) is 4.53. The first-order chi connectivity index (χ1) is 9.06. The fourth-order valence-electron chi connectivity index (χ4n) is 2.47. The first-order valence-electron chi connectivity index (χ1n) is 7.07. The minimum Gasteiger partial charge on any atom is -0.489 e. The highest BCUT2D eigenvalue weighted by Gasteiger charge is 2.22. The highest BCUT2D eigenvalue weighted by molar-refractivity contribution is 5.61. The van der Waals surface area contributed by atoms with Crippen LogP contribution in [0.1, 0.15) is 39.5 Å². The van der Waals surface area contributed by atoms with E-state index in [0.29, 0.717) is 11.4 Å². The standard InChI is InChI=1S/C15H24N2O2/c1-10(2)19-15-9-11(7-8-12(15)16)17-13-5-3-4-6-14(13)18/h7-10,13-14,17-18H,3-6,16H2,1-2H3. The van der Waals surface area contributed by atoms with Gasteiger partial charge in [-0.2, -0.15) is 0 Å². The Bertz CT molecular complexity index is 421. The highest BCUT2D eigenvalue weighted by Crippen LogP contribution is 2.29. The predicted molar refractivity (Wildman–Crippen MR) is 78.5 cm³/mol. The van der Waals surface area contributed by atoms with Gasteiger partial charge in [0.2, 0.25) is 0 Å². The molecule has 1 saturated carbocycles. The summed E-state index contributed by atoms with van der Waals surface area (Å²) in [5.41, 5.74) is 7.49. The van der Waals surface area contributed by atoms with E-state index in [2.05, 4.69) is 5.32 Å². The number of anilines is 2. The molecular formula is C15H24N2O2. The number of nitrogens with two attached hydrogens (primary N) is 1. The molecule has 4 nitrogen and oxygen atoms in total. The lowest BCUT2D eigenvalue weighted by atomic mass is 9.92. The molecule has 0 amide bonds. The summed E-state index contributed by atoms with van der Waals surface area (Å²) >= 11 is 0. The molecule has 0 spiro atoms. The van der Waals surface area contributed by atoms with Crippen LogP contribution in [0.4, 0.5) is 11.4 Å². The third-order valence-electron chi connectivity index (χ3n) is 3.46. The first kappa shape index (κ1) is 14.0. The summed E-state index contributed by atoms with van der Waals surface area (Å²) < 4.78 is 5.67. The van der Waals surface area contributed by atoms with E-state index in [0.717, 1.165) is 24.9 Å². The summed E-state index contributed by atoms with van der Waals surface area (Å²) in [5, 5.41) is 13.4. The highest BCUT2D eigenvalue weighted by atomic mass is 16.5. The zero-order valence-electron chi connectivity index (χ0n) is 11.7. The monoisotopic (exact) mass is 264 g/mol. The Morgan fingerprint density at radius 3 is 2.74 bits per heavy atom. The van der Waals surface area contributed by atoms with Gasteiger partial charge in [0.25, 0.3) is 0 Å². The van der Waals surface area contributed by atoms with Gasteiger partial charge in [0.1, 0.15) is 5.75 Å². The van der Waals surface area contributed by atoms with E-state index < -0.39 is 0 Å². The zero-order valence-corrected chi connectivity index (χ0v) is 11.7. The van der Waals surface area contributed by atoms with Gasteiger partial charge in [-0.15, -0.1) is 0 Å². The van der Waals surface area contributed by atoms with Crippen LogP contribution in [0, 0.1) is 0 Å². The van der Waals surface area contributed by atoms with Crippen molar-refractivity contribution in [3.8, 4) is 5.75 Å². The number of hydrogen-bond donors (Lipinski definition) is 3. The van der Waals surface area contributed by atoms with Crippen molar-refractivity contribution in [3.05, 3.63) is 18.2 Å².